The lowest BCUT2D eigenvalue weighted by atomic mass is 9.97. The summed E-state index contributed by atoms with van der Waals surface area (Å²) in [5, 5.41) is 0. The minimum absolute atomic E-state index is 0.0724. The van der Waals surface area contributed by atoms with Gasteiger partial charge in [0.15, 0.2) is 0 Å². The van der Waals surface area contributed by atoms with E-state index >= 15 is 0 Å². The Morgan fingerprint density at radius 2 is 1.85 bits per heavy atom. The van der Waals surface area contributed by atoms with E-state index in [2.05, 4.69) is 46.8 Å². The summed E-state index contributed by atoms with van der Waals surface area (Å²) in [4.78, 5) is 0. The van der Waals surface area contributed by atoms with Gasteiger partial charge in [-0.3, -0.25) is 0 Å². The van der Waals surface area contributed by atoms with E-state index in [0.717, 1.165) is 24.2 Å². The Labute approximate surface area is 122 Å². The molecule has 0 aliphatic carbocycles. The summed E-state index contributed by atoms with van der Waals surface area (Å²) in [6.07, 6.45) is 1.91. The molecule has 112 valence electrons. The Bertz CT molecular complexity index is 451. The zero-order chi connectivity index (χ0) is 15.0. The second kappa shape index (κ2) is 5.38. The number of ether oxygens (including phenoxy) is 2. The highest BCUT2D eigenvalue weighted by molar-refractivity contribution is 5.29. The minimum Gasteiger partial charge on any atom is -0.487 e. The molecule has 1 fully saturated rings. The maximum absolute atomic E-state index is 6.13. The molecule has 2 N–H and O–H groups in total. The second-order valence-electron chi connectivity index (χ2n) is 6.86. The summed E-state index contributed by atoms with van der Waals surface area (Å²) in [7, 11) is 0. The summed E-state index contributed by atoms with van der Waals surface area (Å²) >= 11 is 0. The molecule has 3 heteroatoms. The van der Waals surface area contributed by atoms with E-state index in [1.165, 1.54) is 0 Å². The molecule has 0 aromatic heterocycles. The Morgan fingerprint density at radius 3 is 2.30 bits per heavy atom. The van der Waals surface area contributed by atoms with Crippen LogP contribution in [-0.2, 0) is 4.74 Å². The molecule has 2 atom stereocenters. The zero-order valence-corrected chi connectivity index (χ0v) is 13.3. The van der Waals surface area contributed by atoms with Crippen LogP contribution in [0, 0.1) is 0 Å². The number of hydrogen-bond acceptors (Lipinski definition) is 3. The average molecular weight is 277 g/mol. The molecule has 0 amide bonds. The summed E-state index contributed by atoms with van der Waals surface area (Å²) in [6, 6.07) is 8.22. The van der Waals surface area contributed by atoms with Gasteiger partial charge >= 0.3 is 0 Å². The molecule has 1 aliphatic heterocycles. The van der Waals surface area contributed by atoms with Crippen molar-refractivity contribution in [2.24, 2.45) is 5.73 Å². The van der Waals surface area contributed by atoms with Crippen LogP contribution in [0.2, 0.25) is 0 Å². The standard InChI is InChI=1S/C17H27NO2/c1-6-14(18)12-7-9-13(10-8-12)19-15-11-16(2,3)20-17(15,4)5/h7-10,14-15H,6,11,18H2,1-5H3/t14-,15?/m1/s1. The summed E-state index contributed by atoms with van der Waals surface area (Å²) < 4.78 is 12.2. The van der Waals surface area contributed by atoms with Crippen LogP contribution >= 0.6 is 0 Å². The molecule has 3 nitrogen and oxygen atoms in total. The van der Waals surface area contributed by atoms with Crippen LogP contribution in [0.5, 0.6) is 5.75 Å². The first-order valence-electron chi connectivity index (χ1n) is 7.46. The van der Waals surface area contributed by atoms with E-state index in [1.807, 2.05) is 12.1 Å². The van der Waals surface area contributed by atoms with Crippen molar-refractivity contribution in [2.45, 2.75) is 70.8 Å². The van der Waals surface area contributed by atoms with Crippen LogP contribution in [0.25, 0.3) is 0 Å². The molecule has 0 saturated carbocycles. The quantitative estimate of drug-likeness (QED) is 0.910. The van der Waals surface area contributed by atoms with Crippen molar-refractivity contribution in [1.29, 1.82) is 0 Å². The Balaban J connectivity index is 2.07. The van der Waals surface area contributed by atoms with Crippen LogP contribution < -0.4 is 10.5 Å². The third kappa shape index (κ3) is 3.33. The number of rotatable bonds is 4. The van der Waals surface area contributed by atoms with Crippen molar-refractivity contribution in [3.63, 3.8) is 0 Å². The zero-order valence-electron chi connectivity index (χ0n) is 13.3. The van der Waals surface area contributed by atoms with Crippen molar-refractivity contribution >= 4 is 0 Å². The van der Waals surface area contributed by atoms with Crippen molar-refractivity contribution in [1.82, 2.24) is 0 Å². The summed E-state index contributed by atoms with van der Waals surface area (Å²) in [5.41, 5.74) is 6.79. The fourth-order valence-corrected chi connectivity index (χ4v) is 2.89. The normalized spacial score (nSPS) is 25.4. The maximum atomic E-state index is 6.13. The molecular formula is C17H27NO2. The Hall–Kier alpha value is -1.06. The van der Waals surface area contributed by atoms with E-state index in [-0.39, 0.29) is 23.3 Å². The monoisotopic (exact) mass is 277 g/mol. The van der Waals surface area contributed by atoms with E-state index in [1.54, 1.807) is 0 Å². The lowest BCUT2D eigenvalue weighted by Crippen LogP contribution is -2.36. The first-order valence-corrected chi connectivity index (χ1v) is 7.46. The molecule has 1 unspecified atom stereocenters. The smallest absolute Gasteiger partial charge is 0.130 e. The predicted octanol–water partition coefficient (Wildman–Crippen LogP) is 3.82. The van der Waals surface area contributed by atoms with Crippen LogP contribution in [0.15, 0.2) is 24.3 Å². The van der Waals surface area contributed by atoms with Gasteiger partial charge in [-0.25, -0.2) is 0 Å². The molecule has 0 bridgehead atoms. The van der Waals surface area contributed by atoms with Crippen molar-refractivity contribution < 1.29 is 9.47 Å². The molecule has 1 heterocycles. The summed E-state index contributed by atoms with van der Waals surface area (Å²) in [6.45, 7) is 10.5. The molecular weight excluding hydrogens is 250 g/mol. The highest BCUT2D eigenvalue weighted by Gasteiger charge is 2.47. The SMILES string of the molecule is CC[C@@H](N)c1ccc(OC2CC(C)(C)OC2(C)C)cc1. The van der Waals surface area contributed by atoms with Gasteiger partial charge in [0.2, 0.25) is 0 Å². The molecule has 0 radical (unpaired) electrons. The van der Waals surface area contributed by atoms with E-state index in [9.17, 15) is 0 Å². The van der Waals surface area contributed by atoms with Gasteiger partial charge in [-0.2, -0.15) is 0 Å². The fraction of sp³-hybridized carbons (Fsp3) is 0.647. The highest BCUT2D eigenvalue weighted by Crippen LogP contribution is 2.39. The summed E-state index contributed by atoms with van der Waals surface area (Å²) in [5.74, 6) is 0.886. The minimum atomic E-state index is -0.262. The third-order valence-corrected chi connectivity index (χ3v) is 4.02. The van der Waals surface area contributed by atoms with Gasteiger partial charge < -0.3 is 15.2 Å². The Kier molecular flexibility index (Phi) is 4.12. The van der Waals surface area contributed by atoms with Gasteiger partial charge in [-0.05, 0) is 51.8 Å². The van der Waals surface area contributed by atoms with Gasteiger partial charge in [0, 0.05) is 12.5 Å². The third-order valence-electron chi connectivity index (χ3n) is 4.02. The van der Waals surface area contributed by atoms with Crippen molar-refractivity contribution in [3.05, 3.63) is 29.8 Å². The van der Waals surface area contributed by atoms with Gasteiger partial charge in [0.05, 0.1) is 5.60 Å². The van der Waals surface area contributed by atoms with Crippen molar-refractivity contribution in [3.8, 4) is 5.75 Å². The van der Waals surface area contributed by atoms with Crippen LogP contribution in [0.3, 0.4) is 0 Å². The number of benzene rings is 1. The van der Waals surface area contributed by atoms with Crippen molar-refractivity contribution in [2.75, 3.05) is 0 Å². The molecule has 1 aliphatic rings. The second-order valence-corrected chi connectivity index (χ2v) is 6.86. The molecule has 0 spiro atoms. The lowest BCUT2D eigenvalue weighted by Gasteiger charge is -2.27. The highest BCUT2D eigenvalue weighted by atomic mass is 16.6. The van der Waals surface area contributed by atoms with Gasteiger partial charge in [0.25, 0.3) is 0 Å². The topological polar surface area (TPSA) is 44.5 Å². The van der Waals surface area contributed by atoms with Crippen LogP contribution in [0.4, 0.5) is 0 Å². The first-order chi connectivity index (χ1) is 9.23. The Morgan fingerprint density at radius 1 is 1.25 bits per heavy atom. The number of nitrogens with two attached hydrogens (primary N) is 1. The predicted molar refractivity (Wildman–Crippen MR) is 81.9 cm³/mol. The average Bonchev–Trinajstić information content (AvgIpc) is 2.57. The largest absolute Gasteiger partial charge is 0.487 e. The molecule has 20 heavy (non-hydrogen) atoms. The fourth-order valence-electron chi connectivity index (χ4n) is 2.89. The lowest BCUT2D eigenvalue weighted by molar-refractivity contribution is -0.0846. The van der Waals surface area contributed by atoms with Gasteiger partial charge in [0.1, 0.15) is 17.5 Å². The number of hydrogen-bond donors (Lipinski definition) is 1. The van der Waals surface area contributed by atoms with E-state index in [4.69, 9.17) is 15.2 Å². The molecule has 1 aromatic carbocycles. The van der Waals surface area contributed by atoms with Gasteiger partial charge in [-0.15, -0.1) is 0 Å². The molecule has 1 aromatic rings. The van der Waals surface area contributed by atoms with Crippen LogP contribution in [-0.4, -0.2) is 17.3 Å². The first kappa shape index (κ1) is 15.3. The molecule has 1 saturated heterocycles. The van der Waals surface area contributed by atoms with Crippen LogP contribution in [0.1, 0.15) is 59.1 Å². The van der Waals surface area contributed by atoms with Gasteiger partial charge in [-0.1, -0.05) is 19.1 Å². The van der Waals surface area contributed by atoms with E-state index in [0.29, 0.717) is 0 Å². The maximum Gasteiger partial charge on any atom is 0.130 e. The molecule has 2 rings (SSSR count). The van der Waals surface area contributed by atoms with E-state index < -0.39 is 0 Å².